The molecular formula is C18H20BrN5O. The molecule has 0 aliphatic rings. The molecule has 1 aromatic carbocycles. The number of anilines is 1. The van der Waals surface area contributed by atoms with Crippen molar-refractivity contribution in [3.63, 3.8) is 0 Å². The monoisotopic (exact) mass is 401 g/mol. The van der Waals surface area contributed by atoms with Crippen LogP contribution in [0.1, 0.15) is 29.8 Å². The quantitative estimate of drug-likeness (QED) is 0.708. The summed E-state index contributed by atoms with van der Waals surface area (Å²) in [5.74, 6) is 0.379. The van der Waals surface area contributed by atoms with Crippen LogP contribution in [0.15, 0.2) is 47.2 Å². The van der Waals surface area contributed by atoms with Crippen molar-refractivity contribution in [2.24, 2.45) is 0 Å². The molecule has 0 saturated heterocycles. The van der Waals surface area contributed by atoms with Crippen LogP contribution in [0.4, 0.5) is 5.82 Å². The van der Waals surface area contributed by atoms with E-state index < -0.39 is 6.04 Å². The average Bonchev–Trinajstić information content (AvgIpc) is 3.15. The van der Waals surface area contributed by atoms with E-state index in [0.717, 1.165) is 10.2 Å². The number of rotatable bonds is 5. The molecule has 7 heteroatoms. The number of aromatic nitrogens is 4. The minimum Gasteiger partial charge on any atom is -0.307 e. The van der Waals surface area contributed by atoms with Crippen molar-refractivity contribution in [2.75, 3.05) is 5.32 Å². The second kappa shape index (κ2) is 7.23. The van der Waals surface area contributed by atoms with Crippen LogP contribution < -0.4 is 5.32 Å². The number of hydrogen-bond acceptors (Lipinski definition) is 3. The lowest BCUT2D eigenvalue weighted by Crippen LogP contribution is -2.24. The van der Waals surface area contributed by atoms with Crippen molar-refractivity contribution in [3.05, 3.63) is 64.0 Å². The standard InChI is InChI=1S/C18H20BrN5O/c1-12-6-4-5-7-15(12)10-23-9-8-17(22-23)20-18(25)14(3)24-11-16(19)13(2)21-24/h4-9,11,14H,10H2,1-3H3,(H,20,22,25). The van der Waals surface area contributed by atoms with Crippen molar-refractivity contribution >= 4 is 27.7 Å². The van der Waals surface area contributed by atoms with Crippen molar-refractivity contribution in [1.29, 1.82) is 0 Å². The summed E-state index contributed by atoms with van der Waals surface area (Å²) in [4.78, 5) is 12.4. The van der Waals surface area contributed by atoms with Crippen LogP contribution in [-0.4, -0.2) is 25.5 Å². The van der Waals surface area contributed by atoms with Crippen LogP contribution in [0.25, 0.3) is 0 Å². The summed E-state index contributed by atoms with van der Waals surface area (Å²) in [5.41, 5.74) is 3.27. The molecule has 2 heterocycles. The summed E-state index contributed by atoms with van der Waals surface area (Å²) in [6.45, 7) is 6.44. The summed E-state index contributed by atoms with van der Waals surface area (Å²) in [7, 11) is 0. The molecule has 3 aromatic rings. The van der Waals surface area contributed by atoms with E-state index in [4.69, 9.17) is 0 Å². The lowest BCUT2D eigenvalue weighted by Gasteiger charge is -2.11. The van der Waals surface area contributed by atoms with Gasteiger partial charge in [0.15, 0.2) is 5.82 Å². The molecule has 0 bridgehead atoms. The zero-order chi connectivity index (χ0) is 18.0. The molecule has 0 radical (unpaired) electrons. The Morgan fingerprint density at radius 2 is 2.00 bits per heavy atom. The van der Waals surface area contributed by atoms with Crippen molar-refractivity contribution in [3.8, 4) is 0 Å². The molecule has 1 atom stereocenters. The maximum Gasteiger partial charge on any atom is 0.250 e. The Hall–Kier alpha value is -2.41. The summed E-state index contributed by atoms with van der Waals surface area (Å²) in [6, 6.07) is 9.56. The molecule has 6 nitrogen and oxygen atoms in total. The van der Waals surface area contributed by atoms with E-state index in [9.17, 15) is 4.79 Å². The van der Waals surface area contributed by atoms with Gasteiger partial charge in [-0.05, 0) is 47.8 Å². The molecule has 1 N–H and O–H groups in total. The van der Waals surface area contributed by atoms with Gasteiger partial charge in [0.2, 0.25) is 5.91 Å². The first-order valence-corrected chi connectivity index (χ1v) is 8.83. The van der Waals surface area contributed by atoms with Crippen molar-refractivity contribution < 1.29 is 4.79 Å². The second-order valence-corrected chi connectivity index (χ2v) is 6.89. The number of benzene rings is 1. The van der Waals surface area contributed by atoms with Gasteiger partial charge in [0, 0.05) is 18.5 Å². The number of carbonyl (C=O) groups excluding carboxylic acids is 1. The predicted molar refractivity (Wildman–Crippen MR) is 101 cm³/mol. The fourth-order valence-electron chi connectivity index (χ4n) is 2.49. The topological polar surface area (TPSA) is 64.7 Å². The maximum absolute atomic E-state index is 12.4. The molecule has 1 amide bonds. The summed E-state index contributed by atoms with van der Waals surface area (Å²) < 4.78 is 4.34. The molecule has 25 heavy (non-hydrogen) atoms. The third-order valence-corrected chi connectivity index (χ3v) is 4.90. The first kappa shape index (κ1) is 17.4. The van der Waals surface area contributed by atoms with E-state index in [-0.39, 0.29) is 5.91 Å². The highest BCUT2D eigenvalue weighted by Gasteiger charge is 2.18. The highest BCUT2D eigenvalue weighted by atomic mass is 79.9. The van der Waals surface area contributed by atoms with E-state index >= 15 is 0 Å². The van der Waals surface area contributed by atoms with Crippen LogP contribution >= 0.6 is 15.9 Å². The zero-order valence-electron chi connectivity index (χ0n) is 14.4. The molecule has 1 unspecified atom stereocenters. The minimum atomic E-state index is -0.425. The Labute approximate surface area is 155 Å². The lowest BCUT2D eigenvalue weighted by molar-refractivity contribution is -0.119. The predicted octanol–water partition coefficient (Wildman–Crippen LogP) is 3.71. The fourth-order valence-corrected chi connectivity index (χ4v) is 2.78. The first-order valence-electron chi connectivity index (χ1n) is 8.04. The van der Waals surface area contributed by atoms with Gasteiger partial charge in [0.25, 0.3) is 0 Å². The molecule has 2 aromatic heterocycles. The Morgan fingerprint density at radius 1 is 1.24 bits per heavy atom. The molecule has 130 valence electrons. The van der Waals surface area contributed by atoms with Crippen LogP contribution in [0.3, 0.4) is 0 Å². The smallest absolute Gasteiger partial charge is 0.250 e. The van der Waals surface area contributed by atoms with Gasteiger partial charge in [-0.25, -0.2) is 0 Å². The number of nitrogens with one attached hydrogen (secondary N) is 1. The normalized spacial score (nSPS) is 12.2. The van der Waals surface area contributed by atoms with Gasteiger partial charge in [-0.2, -0.15) is 10.2 Å². The van der Waals surface area contributed by atoms with Crippen molar-refractivity contribution in [1.82, 2.24) is 19.6 Å². The Morgan fingerprint density at radius 3 is 2.68 bits per heavy atom. The molecule has 0 aliphatic heterocycles. The number of carbonyl (C=O) groups is 1. The third-order valence-electron chi connectivity index (χ3n) is 4.12. The number of halogens is 1. The number of nitrogens with zero attached hydrogens (tertiary/aromatic N) is 4. The highest BCUT2D eigenvalue weighted by molar-refractivity contribution is 9.10. The van der Waals surface area contributed by atoms with Gasteiger partial charge < -0.3 is 5.32 Å². The minimum absolute atomic E-state index is 0.156. The van der Waals surface area contributed by atoms with Crippen LogP contribution in [0.5, 0.6) is 0 Å². The Bertz CT molecular complexity index is 879. The van der Waals surface area contributed by atoms with Gasteiger partial charge in [-0.15, -0.1) is 0 Å². The molecule has 3 rings (SSSR count). The number of hydrogen-bond donors (Lipinski definition) is 1. The number of aryl methyl sites for hydroxylation is 2. The van der Waals surface area contributed by atoms with Gasteiger partial charge in [-0.3, -0.25) is 14.2 Å². The van der Waals surface area contributed by atoms with Gasteiger partial charge >= 0.3 is 0 Å². The van der Waals surface area contributed by atoms with E-state index in [1.165, 1.54) is 11.1 Å². The maximum atomic E-state index is 12.4. The van der Waals surface area contributed by atoms with E-state index in [1.54, 1.807) is 23.9 Å². The van der Waals surface area contributed by atoms with E-state index in [1.807, 2.05) is 29.9 Å². The average molecular weight is 402 g/mol. The van der Waals surface area contributed by atoms with E-state index in [2.05, 4.69) is 50.5 Å². The molecular weight excluding hydrogens is 382 g/mol. The van der Waals surface area contributed by atoms with Gasteiger partial charge in [-0.1, -0.05) is 24.3 Å². The van der Waals surface area contributed by atoms with Crippen molar-refractivity contribution in [2.45, 2.75) is 33.4 Å². The van der Waals surface area contributed by atoms with Crippen LogP contribution in [-0.2, 0) is 11.3 Å². The van der Waals surface area contributed by atoms with Crippen LogP contribution in [0, 0.1) is 13.8 Å². The summed E-state index contributed by atoms with van der Waals surface area (Å²) in [5, 5.41) is 11.6. The summed E-state index contributed by atoms with van der Waals surface area (Å²) in [6.07, 6.45) is 3.66. The third kappa shape index (κ3) is 3.99. The molecule has 0 aliphatic carbocycles. The lowest BCUT2D eigenvalue weighted by atomic mass is 10.1. The Balaban J connectivity index is 1.66. The zero-order valence-corrected chi connectivity index (χ0v) is 16.0. The fraction of sp³-hybridized carbons (Fsp3) is 0.278. The molecule has 0 fully saturated rings. The second-order valence-electron chi connectivity index (χ2n) is 6.03. The molecule has 0 saturated carbocycles. The van der Waals surface area contributed by atoms with Crippen LogP contribution in [0.2, 0.25) is 0 Å². The SMILES string of the molecule is Cc1ccccc1Cn1ccc(NC(=O)C(C)n2cc(Br)c(C)n2)n1. The Kier molecular flexibility index (Phi) is 5.03. The largest absolute Gasteiger partial charge is 0.307 e. The highest BCUT2D eigenvalue weighted by Crippen LogP contribution is 2.18. The van der Waals surface area contributed by atoms with Gasteiger partial charge in [0.1, 0.15) is 6.04 Å². The number of amides is 1. The first-order chi connectivity index (χ1) is 11.9. The summed E-state index contributed by atoms with van der Waals surface area (Å²) >= 11 is 3.41. The molecule has 0 spiro atoms. The van der Waals surface area contributed by atoms with E-state index in [0.29, 0.717) is 12.4 Å². The van der Waals surface area contributed by atoms with Gasteiger partial charge in [0.05, 0.1) is 16.7 Å².